The fourth-order valence-electron chi connectivity index (χ4n) is 3.41. The number of pyridine rings is 1. The summed E-state index contributed by atoms with van der Waals surface area (Å²) in [5, 5.41) is 0. The zero-order valence-electron chi connectivity index (χ0n) is 12.1. The van der Waals surface area contributed by atoms with Crippen molar-refractivity contribution in [3.05, 3.63) is 17.7 Å². The van der Waals surface area contributed by atoms with Gasteiger partial charge in [-0.1, -0.05) is 6.42 Å². The van der Waals surface area contributed by atoms with E-state index in [0.717, 1.165) is 32.1 Å². The zero-order chi connectivity index (χ0) is 15.0. The van der Waals surface area contributed by atoms with Crippen molar-refractivity contribution in [1.29, 1.82) is 0 Å². The van der Waals surface area contributed by atoms with E-state index in [1.54, 1.807) is 0 Å². The second-order valence-corrected chi connectivity index (χ2v) is 5.91. The maximum Gasteiger partial charge on any atom is 0.178 e. The van der Waals surface area contributed by atoms with Crippen LogP contribution < -0.4 is 16.2 Å². The molecule has 3 heterocycles. The number of nitrogens with two attached hydrogens (primary N) is 1. The maximum atomic E-state index is 14.1. The second-order valence-electron chi connectivity index (χ2n) is 5.91. The van der Waals surface area contributed by atoms with E-state index in [9.17, 15) is 8.78 Å². The molecule has 0 saturated carbocycles. The topological polar surface area (TPSA) is 57.4 Å². The number of piperazine rings is 1. The van der Waals surface area contributed by atoms with Gasteiger partial charge in [-0.25, -0.2) is 19.6 Å². The minimum absolute atomic E-state index is 0.121. The Morgan fingerprint density at radius 3 is 2.86 bits per heavy atom. The predicted octanol–water partition coefficient (Wildman–Crippen LogP) is 1.71. The molecular formula is C14H21F2N5. The number of nitrogens with zero attached hydrogens (tertiary/aromatic N) is 3. The van der Waals surface area contributed by atoms with Crippen molar-refractivity contribution in [1.82, 2.24) is 9.88 Å². The molecule has 7 heteroatoms. The molecule has 2 aliphatic rings. The number of nitrogen functional groups attached to an aromatic ring is 1. The molecule has 0 amide bonds. The number of piperidine rings is 1. The molecule has 5 nitrogen and oxygen atoms in total. The molecule has 2 saturated heterocycles. The average Bonchev–Trinajstić information content (AvgIpc) is 2.47. The van der Waals surface area contributed by atoms with Crippen LogP contribution in [0.2, 0.25) is 0 Å². The van der Waals surface area contributed by atoms with Gasteiger partial charge in [0.05, 0.1) is 0 Å². The van der Waals surface area contributed by atoms with Crippen LogP contribution in [0.1, 0.15) is 26.2 Å². The van der Waals surface area contributed by atoms with E-state index in [4.69, 9.17) is 5.84 Å². The Hall–Kier alpha value is -1.47. The quantitative estimate of drug-likeness (QED) is 0.643. The number of hydrazine groups is 1. The maximum absolute atomic E-state index is 14.1. The SMILES string of the molecule is CC1CN2CCCCC2CN1c1nc(NN)c(F)cc1F. The molecule has 21 heavy (non-hydrogen) atoms. The lowest BCUT2D eigenvalue weighted by molar-refractivity contribution is 0.115. The van der Waals surface area contributed by atoms with Crippen LogP contribution in [0.5, 0.6) is 0 Å². The molecule has 0 aromatic carbocycles. The lowest BCUT2D eigenvalue weighted by atomic mass is 9.97. The lowest BCUT2D eigenvalue weighted by Gasteiger charge is -2.48. The second kappa shape index (κ2) is 5.73. The van der Waals surface area contributed by atoms with Crippen LogP contribution in [0, 0.1) is 11.6 Å². The number of fused-ring (bicyclic) bond motifs is 1. The number of hydrogen-bond donors (Lipinski definition) is 2. The summed E-state index contributed by atoms with van der Waals surface area (Å²) >= 11 is 0. The van der Waals surface area contributed by atoms with E-state index in [-0.39, 0.29) is 17.7 Å². The summed E-state index contributed by atoms with van der Waals surface area (Å²) < 4.78 is 27.6. The van der Waals surface area contributed by atoms with Crippen molar-refractivity contribution < 1.29 is 8.78 Å². The summed E-state index contributed by atoms with van der Waals surface area (Å²) in [7, 11) is 0. The van der Waals surface area contributed by atoms with Gasteiger partial charge in [-0.2, -0.15) is 0 Å². The van der Waals surface area contributed by atoms with Crippen molar-refractivity contribution >= 4 is 11.6 Å². The van der Waals surface area contributed by atoms with Gasteiger partial charge in [-0.3, -0.25) is 4.90 Å². The fourth-order valence-corrected chi connectivity index (χ4v) is 3.41. The van der Waals surface area contributed by atoms with Gasteiger partial charge in [0, 0.05) is 31.2 Å². The Kier molecular flexibility index (Phi) is 3.95. The third-order valence-corrected chi connectivity index (χ3v) is 4.51. The molecule has 0 aliphatic carbocycles. The van der Waals surface area contributed by atoms with E-state index in [0.29, 0.717) is 6.04 Å². The summed E-state index contributed by atoms with van der Waals surface area (Å²) in [6, 6.07) is 1.41. The molecule has 1 aromatic rings. The lowest BCUT2D eigenvalue weighted by Crippen LogP contribution is -2.59. The van der Waals surface area contributed by atoms with Gasteiger partial charge in [-0.15, -0.1) is 0 Å². The number of nitrogens with one attached hydrogen (secondary N) is 1. The molecule has 0 spiro atoms. The van der Waals surface area contributed by atoms with Gasteiger partial charge in [0.15, 0.2) is 23.3 Å². The van der Waals surface area contributed by atoms with Crippen molar-refractivity contribution in [3.8, 4) is 0 Å². The first kappa shape index (κ1) is 14.5. The number of rotatable bonds is 2. The molecule has 2 fully saturated rings. The van der Waals surface area contributed by atoms with E-state index < -0.39 is 11.6 Å². The minimum Gasteiger partial charge on any atom is -0.349 e. The van der Waals surface area contributed by atoms with Crippen molar-refractivity contribution in [2.75, 3.05) is 30.0 Å². The van der Waals surface area contributed by atoms with Crippen LogP contribution >= 0.6 is 0 Å². The van der Waals surface area contributed by atoms with Crippen molar-refractivity contribution in [2.24, 2.45) is 5.84 Å². The molecule has 0 bridgehead atoms. The summed E-state index contributed by atoms with van der Waals surface area (Å²) in [6.07, 6.45) is 3.56. The summed E-state index contributed by atoms with van der Waals surface area (Å²) in [5.41, 5.74) is 2.18. The van der Waals surface area contributed by atoms with E-state index in [2.05, 4.69) is 15.3 Å². The van der Waals surface area contributed by atoms with Crippen LogP contribution in [0.4, 0.5) is 20.4 Å². The standard InChI is InChI=1S/C14H21F2N5/c1-9-7-20-5-3-2-4-10(20)8-21(9)14-12(16)6-11(15)13(18-14)19-17/h6,9-10H,2-5,7-8,17H2,1H3,(H,18,19). The predicted molar refractivity (Wildman–Crippen MR) is 78.0 cm³/mol. The van der Waals surface area contributed by atoms with Crippen LogP contribution in [-0.4, -0.2) is 41.6 Å². The molecule has 3 rings (SSSR count). The number of hydrogen-bond acceptors (Lipinski definition) is 5. The summed E-state index contributed by atoms with van der Waals surface area (Å²) in [6.45, 7) is 4.76. The molecule has 0 radical (unpaired) electrons. The summed E-state index contributed by atoms with van der Waals surface area (Å²) in [4.78, 5) is 8.42. The van der Waals surface area contributed by atoms with Gasteiger partial charge in [-0.05, 0) is 26.3 Å². The van der Waals surface area contributed by atoms with Crippen molar-refractivity contribution in [3.63, 3.8) is 0 Å². The highest BCUT2D eigenvalue weighted by Crippen LogP contribution is 2.30. The van der Waals surface area contributed by atoms with Gasteiger partial charge in [0.25, 0.3) is 0 Å². The number of halogens is 2. The van der Waals surface area contributed by atoms with Gasteiger partial charge in [0.2, 0.25) is 0 Å². The Morgan fingerprint density at radius 1 is 1.29 bits per heavy atom. The molecule has 2 unspecified atom stereocenters. The first-order valence-electron chi connectivity index (χ1n) is 7.43. The third-order valence-electron chi connectivity index (χ3n) is 4.51. The zero-order valence-corrected chi connectivity index (χ0v) is 12.1. The molecule has 3 N–H and O–H groups in total. The molecule has 116 valence electrons. The largest absolute Gasteiger partial charge is 0.349 e. The normalized spacial score (nSPS) is 26.6. The Labute approximate surface area is 123 Å². The average molecular weight is 297 g/mol. The van der Waals surface area contributed by atoms with Crippen LogP contribution in [0.15, 0.2) is 6.07 Å². The first-order valence-corrected chi connectivity index (χ1v) is 7.43. The van der Waals surface area contributed by atoms with Crippen molar-refractivity contribution in [2.45, 2.75) is 38.3 Å². The number of anilines is 2. The van der Waals surface area contributed by atoms with Gasteiger partial charge >= 0.3 is 0 Å². The first-order chi connectivity index (χ1) is 10.1. The fraction of sp³-hybridized carbons (Fsp3) is 0.643. The molecule has 2 atom stereocenters. The molecular weight excluding hydrogens is 276 g/mol. The van der Waals surface area contributed by atoms with E-state index >= 15 is 0 Å². The van der Waals surface area contributed by atoms with Crippen LogP contribution in [-0.2, 0) is 0 Å². The third kappa shape index (κ3) is 2.67. The van der Waals surface area contributed by atoms with E-state index in [1.807, 2.05) is 11.8 Å². The Bertz CT molecular complexity index is 524. The number of aromatic nitrogens is 1. The van der Waals surface area contributed by atoms with Gasteiger partial charge in [0.1, 0.15) is 0 Å². The summed E-state index contributed by atoms with van der Waals surface area (Å²) in [5.74, 6) is 3.89. The van der Waals surface area contributed by atoms with Gasteiger partial charge < -0.3 is 10.3 Å². The highest BCUT2D eigenvalue weighted by molar-refractivity contribution is 5.50. The Morgan fingerprint density at radius 2 is 2.10 bits per heavy atom. The van der Waals surface area contributed by atoms with E-state index in [1.165, 1.54) is 12.8 Å². The molecule has 2 aliphatic heterocycles. The highest BCUT2D eigenvalue weighted by Gasteiger charge is 2.34. The monoisotopic (exact) mass is 297 g/mol. The Balaban J connectivity index is 1.88. The highest BCUT2D eigenvalue weighted by atomic mass is 19.1. The minimum atomic E-state index is -0.775. The van der Waals surface area contributed by atoms with Crippen LogP contribution in [0.25, 0.3) is 0 Å². The van der Waals surface area contributed by atoms with Crippen LogP contribution in [0.3, 0.4) is 0 Å². The smallest absolute Gasteiger partial charge is 0.178 e. The molecule has 1 aromatic heterocycles.